The molecule has 2 rings (SSSR count). The fraction of sp³-hybridized carbons (Fsp3) is 0.136. The maximum absolute atomic E-state index is 13.2. The Kier molecular flexibility index (Phi) is 8.77. The molecule has 0 N–H and O–H groups in total. The highest BCUT2D eigenvalue weighted by Gasteiger charge is 1.94. The van der Waals surface area contributed by atoms with Gasteiger partial charge in [0.05, 0.1) is 0 Å². The van der Waals surface area contributed by atoms with E-state index in [1.54, 1.807) is 12.3 Å². The van der Waals surface area contributed by atoms with Crippen LogP contribution in [0.15, 0.2) is 85.1 Å². The van der Waals surface area contributed by atoms with E-state index in [4.69, 9.17) is 0 Å². The zero-order valence-electron chi connectivity index (χ0n) is 14.5. The summed E-state index contributed by atoms with van der Waals surface area (Å²) in [5.41, 5.74) is 3.93. The summed E-state index contributed by atoms with van der Waals surface area (Å²) in [6, 6.07) is 10.8. The van der Waals surface area contributed by atoms with Crippen molar-refractivity contribution in [2.75, 3.05) is 0 Å². The van der Waals surface area contributed by atoms with Gasteiger partial charge in [-0.15, -0.1) is 0 Å². The Morgan fingerprint density at radius 3 is 2.42 bits per heavy atom. The van der Waals surface area contributed by atoms with Crippen LogP contribution in [0.5, 0.6) is 0 Å². The van der Waals surface area contributed by atoms with Crippen molar-refractivity contribution in [2.24, 2.45) is 0 Å². The van der Waals surface area contributed by atoms with Gasteiger partial charge in [0.15, 0.2) is 0 Å². The third-order valence-corrected chi connectivity index (χ3v) is 3.10. The number of allylic oxidation sites excluding steroid dienone is 6. The first-order valence-corrected chi connectivity index (χ1v) is 7.83. The van der Waals surface area contributed by atoms with E-state index in [9.17, 15) is 4.39 Å². The van der Waals surface area contributed by atoms with Gasteiger partial charge in [-0.2, -0.15) is 0 Å². The maximum atomic E-state index is 13.2. The lowest BCUT2D eigenvalue weighted by atomic mass is 10.1. The Morgan fingerprint density at radius 1 is 1.12 bits per heavy atom. The zero-order valence-corrected chi connectivity index (χ0v) is 14.5. The van der Waals surface area contributed by atoms with Crippen LogP contribution >= 0.6 is 0 Å². The molecule has 0 unspecified atom stereocenters. The van der Waals surface area contributed by atoms with E-state index in [0.717, 1.165) is 22.4 Å². The number of pyridine rings is 1. The van der Waals surface area contributed by atoms with Crippen molar-refractivity contribution in [3.05, 3.63) is 108 Å². The van der Waals surface area contributed by atoms with E-state index < -0.39 is 0 Å². The minimum absolute atomic E-state index is 0.201. The van der Waals surface area contributed by atoms with Crippen molar-refractivity contribution in [3.8, 4) is 0 Å². The molecule has 1 nitrogen and oxygen atoms in total. The van der Waals surface area contributed by atoms with Gasteiger partial charge in [0, 0.05) is 11.9 Å². The van der Waals surface area contributed by atoms with Crippen molar-refractivity contribution in [1.29, 1.82) is 0 Å². The summed E-state index contributed by atoms with van der Waals surface area (Å²) in [6.07, 6.45) is 13.2. The fourth-order valence-corrected chi connectivity index (χ4v) is 1.93. The molecule has 0 aliphatic rings. The van der Waals surface area contributed by atoms with Crippen LogP contribution in [0.4, 0.5) is 4.39 Å². The fourth-order valence-electron chi connectivity index (χ4n) is 1.93. The average Bonchev–Trinajstić information content (AvgIpc) is 2.55. The average molecular weight is 321 g/mol. The molecule has 0 amide bonds. The van der Waals surface area contributed by atoms with Crippen LogP contribution in [0.2, 0.25) is 0 Å². The van der Waals surface area contributed by atoms with Crippen molar-refractivity contribution in [3.63, 3.8) is 0 Å². The van der Waals surface area contributed by atoms with Gasteiger partial charge >= 0.3 is 0 Å². The summed E-state index contributed by atoms with van der Waals surface area (Å²) >= 11 is 0. The second kappa shape index (κ2) is 10.9. The minimum Gasteiger partial charge on any atom is -0.262 e. The molecule has 24 heavy (non-hydrogen) atoms. The molecular formula is C22H24FN. The predicted octanol–water partition coefficient (Wildman–Crippen LogP) is 6.23. The van der Waals surface area contributed by atoms with Crippen LogP contribution in [-0.2, 0) is 0 Å². The minimum atomic E-state index is -0.201. The Hall–Kier alpha value is -2.74. The monoisotopic (exact) mass is 321 g/mol. The van der Waals surface area contributed by atoms with Crippen LogP contribution in [0.25, 0.3) is 6.08 Å². The Labute approximate surface area is 144 Å². The second-order valence-electron chi connectivity index (χ2n) is 5.25. The van der Waals surface area contributed by atoms with Gasteiger partial charge in [-0.3, -0.25) is 4.98 Å². The van der Waals surface area contributed by atoms with E-state index in [0.29, 0.717) is 0 Å². The highest BCUT2D eigenvalue weighted by molar-refractivity contribution is 5.55. The second-order valence-corrected chi connectivity index (χ2v) is 5.25. The third-order valence-electron chi connectivity index (χ3n) is 3.10. The zero-order chi connectivity index (χ0) is 17.8. The molecule has 0 saturated carbocycles. The molecule has 0 spiro atoms. The topological polar surface area (TPSA) is 12.9 Å². The van der Waals surface area contributed by atoms with Gasteiger partial charge in [-0.05, 0) is 61.7 Å². The summed E-state index contributed by atoms with van der Waals surface area (Å²) in [4.78, 5) is 3.98. The summed E-state index contributed by atoms with van der Waals surface area (Å²) in [7, 11) is 0. The summed E-state index contributed by atoms with van der Waals surface area (Å²) in [5.74, 6) is -0.201. The van der Waals surface area contributed by atoms with E-state index in [1.165, 1.54) is 12.1 Å². The van der Waals surface area contributed by atoms with E-state index in [1.807, 2.05) is 75.4 Å². The summed E-state index contributed by atoms with van der Waals surface area (Å²) < 4.78 is 13.2. The molecule has 0 atom stereocenters. The number of rotatable bonds is 4. The van der Waals surface area contributed by atoms with Crippen molar-refractivity contribution in [2.45, 2.75) is 20.8 Å². The molecule has 0 saturated heterocycles. The third kappa shape index (κ3) is 8.04. The van der Waals surface area contributed by atoms with Crippen molar-refractivity contribution >= 4 is 6.08 Å². The van der Waals surface area contributed by atoms with Crippen molar-refractivity contribution in [1.82, 2.24) is 4.98 Å². The number of aromatic nitrogens is 1. The lowest BCUT2D eigenvalue weighted by Crippen LogP contribution is -1.81. The molecule has 2 heteroatoms. The Bertz CT molecular complexity index is 705. The van der Waals surface area contributed by atoms with Gasteiger partial charge in [-0.1, -0.05) is 55.2 Å². The predicted molar refractivity (Wildman–Crippen MR) is 102 cm³/mol. The number of hydrogen-bond donors (Lipinski definition) is 0. The first-order valence-electron chi connectivity index (χ1n) is 7.83. The van der Waals surface area contributed by atoms with Crippen LogP contribution in [-0.4, -0.2) is 4.98 Å². The molecule has 1 aromatic heterocycles. The quantitative estimate of drug-likeness (QED) is 0.609. The van der Waals surface area contributed by atoms with Gasteiger partial charge in [0.1, 0.15) is 5.82 Å². The largest absolute Gasteiger partial charge is 0.262 e. The van der Waals surface area contributed by atoms with Crippen LogP contribution in [0, 0.1) is 19.7 Å². The normalized spacial score (nSPS) is 11.4. The lowest BCUT2D eigenvalue weighted by molar-refractivity contribution is 0.626. The molecule has 1 heterocycles. The first kappa shape index (κ1) is 19.3. The first-order chi connectivity index (χ1) is 11.5. The van der Waals surface area contributed by atoms with Gasteiger partial charge < -0.3 is 0 Å². The summed E-state index contributed by atoms with van der Waals surface area (Å²) in [6.45, 7) is 9.44. The maximum Gasteiger partial charge on any atom is 0.124 e. The molecule has 2 aromatic rings. The molecule has 124 valence electrons. The van der Waals surface area contributed by atoms with Crippen LogP contribution in [0.1, 0.15) is 23.7 Å². The molecule has 0 bridgehead atoms. The van der Waals surface area contributed by atoms with Crippen LogP contribution in [0.3, 0.4) is 0 Å². The molecular weight excluding hydrogens is 297 g/mol. The van der Waals surface area contributed by atoms with E-state index >= 15 is 0 Å². The standard InChI is InChI=1S/C16H17F.C6H7N/c1-4-6-7-14(5-2)8-9-15-10-13(3)11-16(17)12-15;1-6-4-2-3-5-7-6/h4-12H,1H2,2-3H3;2-5H,1H3/b7-6-,9-8-,14-5+;. The van der Waals surface area contributed by atoms with Gasteiger partial charge in [0.2, 0.25) is 0 Å². The molecule has 0 aliphatic heterocycles. The Balaban J connectivity index is 0.000000341. The number of nitrogens with zero attached hydrogens (tertiary/aromatic N) is 1. The number of benzene rings is 1. The molecule has 0 fully saturated rings. The van der Waals surface area contributed by atoms with Crippen LogP contribution < -0.4 is 0 Å². The molecule has 1 aromatic carbocycles. The molecule has 0 radical (unpaired) electrons. The SMILES string of the molecule is C=C\C=C/C(/C=C\c1cc(C)cc(F)c1)=C\C.Cc1ccccn1. The van der Waals surface area contributed by atoms with E-state index in [2.05, 4.69) is 11.6 Å². The number of halogens is 1. The van der Waals surface area contributed by atoms with Crippen molar-refractivity contribution < 1.29 is 4.39 Å². The summed E-state index contributed by atoms with van der Waals surface area (Å²) in [5, 5.41) is 0. The van der Waals surface area contributed by atoms with Gasteiger partial charge in [0.25, 0.3) is 0 Å². The smallest absolute Gasteiger partial charge is 0.124 e. The number of aryl methyl sites for hydroxylation is 2. The van der Waals surface area contributed by atoms with E-state index in [-0.39, 0.29) is 5.82 Å². The lowest BCUT2D eigenvalue weighted by Gasteiger charge is -1.98. The molecule has 0 aliphatic carbocycles. The highest BCUT2D eigenvalue weighted by Crippen LogP contribution is 2.11. The number of hydrogen-bond acceptors (Lipinski definition) is 1. The Morgan fingerprint density at radius 2 is 1.92 bits per heavy atom. The highest BCUT2D eigenvalue weighted by atomic mass is 19.1. The van der Waals surface area contributed by atoms with Gasteiger partial charge in [-0.25, -0.2) is 4.39 Å².